The van der Waals surface area contributed by atoms with Crippen LogP contribution < -0.4 is 10.2 Å². The molecule has 2 fully saturated rings. The highest BCUT2D eigenvalue weighted by Crippen LogP contribution is 2.27. The maximum Gasteiger partial charge on any atom is 0.271 e. The number of carbonyl (C=O) groups is 1. The quantitative estimate of drug-likeness (QED) is 0.801. The topological polar surface area (TPSA) is 61.4 Å². The molecular weight excluding hydrogens is 393 g/mol. The van der Waals surface area contributed by atoms with Gasteiger partial charge in [-0.2, -0.15) is 0 Å². The van der Waals surface area contributed by atoms with Gasteiger partial charge in [-0.15, -0.1) is 0 Å². The second-order valence-electron chi connectivity index (χ2n) is 9.00. The van der Waals surface area contributed by atoms with Crippen LogP contribution in [0.15, 0.2) is 30.6 Å². The standard InChI is InChI=1S/C24H30FN5O/c25-20-8-11-30(16-20)23-15-26-22(14-27-23)24(31)28-13-17-4-5-18-6-9-29(21-2-1-3-21)10-7-19(18)12-17/h4-5,12,14-15,20-21H,1-3,6-11,13,16H2,(H,28,31). The minimum Gasteiger partial charge on any atom is -0.352 e. The Morgan fingerprint density at radius 1 is 1.06 bits per heavy atom. The van der Waals surface area contributed by atoms with Gasteiger partial charge in [0.2, 0.25) is 0 Å². The van der Waals surface area contributed by atoms with Crippen LogP contribution in [0.3, 0.4) is 0 Å². The van der Waals surface area contributed by atoms with Gasteiger partial charge in [-0.25, -0.2) is 14.4 Å². The fraction of sp³-hybridized carbons (Fsp3) is 0.542. The van der Waals surface area contributed by atoms with Crippen molar-refractivity contribution in [3.63, 3.8) is 0 Å². The molecule has 3 aliphatic rings. The van der Waals surface area contributed by atoms with E-state index >= 15 is 0 Å². The minimum atomic E-state index is -0.813. The van der Waals surface area contributed by atoms with Gasteiger partial charge in [-0.1, -0.05) is 24.6 Å². The Bertz CT molecular complexity index is 930. The van der Waals surface area contributed by atoms with E-state index in [0.29, 0.717) is 31.9 Å². The molecule has 2 aliphatic heterocycles. The highest BCUT2D eigenvalue weighted by Gasteiger charge is 2.26. The van der Waals surface area contributed by atoms with Crippen molar-refractivity contribution in [3.05, 3.63) is 53.0 Å². The van der Waals surface area contributed by atoms with Gasteiger partial charge in [0.25, 0.3) is 5.91 Å². The zero-order valence-electron chi connectivity index (χ0n) is 17.9. The van der Waals surface area contributed by atoms with E-state index in [2.05, 4.69) is 38.4 Å². The number of hydrogen-bond acceptors (Lipinski definition) is 5. The van der Waals surface area contributed by atoms with Crippen LogP contribution in [0.4, 0.5) is 10.2 Å². The number of amides is 1. The SMILES string of the molecule is O=C(NCc1ccc2c(c1)CCN(C1CCC1)CC2)c1cnc(N2CCC(F)C2)cn1. The van der Waals surface area contributed by atoms with Crippen molar-refractivity contribution in [2.75, 3.05) is 31.1 Å². The first-order valence-corrected chi connectivity index (χ1v) is 11.5. The lowest BCUT2D eigenvalue weighted by atomic mass is 9.91. The molecule has 1 N–H and O–H groups in total. The number of benzene rings is 1. The zero-order chi connectivity index (χ0) is 21.2. The first-order chi connectivity index (χ1) is 15.2. The monoisotopic (exact) mass is 423 g/mol. The summed E-state index contributed by atoms with van der Waals surface area (Å²) >= 11 is 0. The number of fused-ring (bicyclic) bond motifs is 1. The number of nitrogens with zero attached hydrogens (tertiary/aromatic N) is 4. The number of carbonyl (C=O) groups excluding carboxylic acids is 1. The highest BCUT2D eigenvalue weighted by molar-refractivity contribution is 5.91. The fourth-order valence-electron chi connectivity index (χ4n) is 4.82. The number of halogens is 1. The van der Waals surface area contributed by atoms with E-state index < -0.39 is 6.17 Å². The van der Waals surface area contributed by atoms with E-state index in [1.54, 1.807) is 6.20 Å². The summed E-state index contributed by atoms with van der Waals surface area (Å²) in [5.41, 5.74) is 4.25. The molecule has 1 saturated heterocycles. The van der Waals surface area contributed by atoms with Gasteiger partial charge < -0.3 is 10.2 Å². The van der Waals surface area contributed by atoms with Crippen molar-refractivity contribution >= 4 is 11.7 Å². The van der Waals surface area contributed by atoms with Crippen molar-refractivity contribution < 1.29 is 9.18 Å². The summed E-state index contributed by atoms with van der Waals surface area (Å²) in [6, 6.07) is 7.39. The van der Waals surface area contributed by atoms with E-state index in [9.17, 15) is 9.18 Å². The second kappa shape index (κ2) is 8.91. The average molecular weight is 424 g/mol. The molecule has 2 aromatic rings. The van der Waals surface area contributed by atoms with Crippen LogP contribution in [0, 0.1) is 0 Å². The molecule has 6 nitrogen and oxygen atoms in total. The van der Waals surface area contributed by atoms with Gasteiger partial charge in [0.15, 0.2) is 0 Å². The minimum absolute atomic E-state index is 0.241. The number of alkyl halides is 1. The molecule has 1 saturated carbocycles. The summed E-state index contributed by atoms with van der Waals surface area (Å²) in [5, 5.41) is 2.95. The molecule has 31 heavy (non-hydrogen) atoms. The van der Waals surface area contributed by atoms with Crippen molar-refractivity contribution in [2.45, 2.75) is 57.3 Å². The predicted octanol–water partition coefficient (Wildman–Crippen LogP) is 2.91. The summed E-state index contributed by atoms with van der Waals surface area (Å²) < 4.78 is 13.4. The van der Waals surface area contributed by atoms with E-state index in [1.807, 2.05) is 4.90 Å². The number of rotatable bonds is 5. The van der Waals surface area contributed by atoms with Crippen molar-refractivity contribution in [1.29, 1.82) is 0 Å². The molecule has 3 heterocycles. The molecule has 5 rings (SSSR count). The summed E-state index contributed by atoms with van der Waals surface area (Å²) in [5.74, 6) is 0.383. The number of aromatic nitrogens is 2. The van der Waals surface area contributed by atoms with Gasteiger partial charge in [0, 0.05) is 32.2 Å². The maximum atomic E-state index is 13.4. The third kappa shape index (κ3) is 4.56. The first kappa shape index (κ1) is 20.4. The smallest absolute Gasteiger partial charge is 0.271 e. The van der Waals surface area contributed by atoms with Crippen molar-refractivity contribution in [3.8, 4) is 0 Å². The maximum absolute atomic E-state index is 13.4. The zero-order valence-corrected chi connectivity index (χ0v) is 17.9. The molecule has 1 aliphatic carbocycles. The van der Waals surface area contributed by atoms with Gasteiger partial charge in [-0.05, 0) is 48.8 Å². The Labute approximate surface area is 182 Å². The van der Waals surface area contributed by atoms with E-state index in [0.717, 1.165) is 37.5 Å². The lowest BCUT2D eigenvalue weighted by Crippen LogP contribution is -2.41. The summed E-state index contributed by atoms with van der Waals surface area (Å²) in [6.45, 7) is 3.74. The molecule has 1 amide bonds. The van der Waals surface area contributed by atoms with Gasteiger partial charge in [-0.3, -0.25) is 9.69 Å². The summed E-state index contributed by atoms with van der Waals surface area (Å²) in [4.78, 5) is 25.6. The average Bonchev–Trinajstić information content (AvgIpc) is 3.09. The number of anilines is 1. The molecule has 1 aromatic heterocycles. The predicted molar refractivity (Wildman–Crippen MR) is 118 cm³/mol. The third-order valence-electron chi connectivity index (χ3n) is 6.98. The van der Waals surface area contributed by atoms with Gasteiger partial charge in [0.1, 0.15) is 17.7 Å². The molecular formula is C24H30FN5O. The Kier molecular flexibility index (Phi) is 5.85. The Morgan fingerprint density at radius 2 is 1.90 bits per heavy atom. The third-order valence-corrected chi connectivity index (χ3v) is 6.98. The van der Waals surface area contributed by atoms with Crippen molar-refractivity contribution in [2.24, 2.45) is 0 Å². The Morgan fingerprint density at radius 3 is 2.58 bits per heavy atom. The summed E-state index contributed by atoms with van der Waals surface area (Å²) in [7, 11) is 0. The molecule has 1 atom stereocenters. The summed E-state index contributed by atoms with van der Waals surface area (Å²) in [6.07, 6.45) is 9.01. The van der Waals surface area contributed by atoms with E-state index in [1.165, 1.54) is 36.6 Å². The molecule has 0 spiro atoms. The normalized spacial score (nSPS) is 22.0. The molecule has 1 aromatic carbocycles. The van der Waals surface area contributed by atoms with Crippen LogP contribution in [0.5, 0.6) is 0 Å². The molecule has 164 valence electrons. The lowest BCUT2D eigenvalue weighted by molar-refractivity contribution is 0.0945. The molecule has 0 radical (unpaired) electrons. The van der Waals surface area contributed by atoms with Crippen LogP contribution in [0.25, 0.3) is 0 Å². The second-order valence-corrected chi connectivity index (χ2v) is 9.00. The molecule has 1 unspecified atom stereocenters. The van der Waals surface area contributed by atoms with E-state index in [-0.39, 0.29) is 11.6 Å². The van der Waals surface area contributed by atoms with Crippen LogP contribution in [0.2, 0.25) is 0 Å². The van der Waals surface area contributed by atoms with Crippen LogP contribution in [-0.2, 0) is 19.4 Å². The van der Waals surface area contributed by atoms with Gasteiger partial charge in [0.05, 0.1) is 18.9 Å². The lowest BCUT2D eigenvalue weighted by Gasteiger charge is -2.36. The van der Waals surface area contributed by atoms with E-state index in [4.69, 9.17) is 0 Å². The largest absolute Gasteiger partial charge is 0.352 e. The number of nitrogens with one attached hydrogen (secondary N) is 1. The van der Waals surface area contributed by atoms with Crippen LogP contribution in [0.1, 0.15) is 52.9 Å². The van der Waals surface area contributed by atoms with Crippen LogP contribution >= 0.6 is 0 Å². The number of hydrogen-bond donors (Lipinski definition) is 1. The van der Waals surface area contributed by atoms with Crippen molar-refractivity contribution in [1.82, 2.24) is 20.2 Å². The fourth-order valence-corrected chi connectivity index (χ4v) is 4.82. The Hall–Kier alpha value is -2.54. The first-order valence-electron chi connectivity index (χ1n) is 11.5. The molecule has 0 bridgehead atoms. The Balaban J connectivity index is 1.17. The molecule has 7 heteroatoms. The van der Waals surface area contributed by atoms with Gasteiger partial charge >= 0.3 is 0 Å². The highest BCUT2D eigenvalue weighted by atomic mass is 19.1. The van der Waals surface area contributed by atoms with Crippen LogP contribution in [-0.4, -0.2) is 59.2 Å².